The van der Waals surface area contributed by atoms with Crippen molar-refractivity contribution in [2.75, 3.05) is 20.8 Å². The van der Waals surface area contributed by atoms with Crippen LogP contribution < -0.4 is 0 Å². The van der Waals surface area contributed by atoms with Crippen molar-refractivity contribution in [3.63, 3.8) is 0 Å². The van der Waals surface area contributed by atoms with Gasteiger partial charge in [-0.15, -0.1) is 0 Å². The average molecular weight is 586 g/mol. The number of carbonyl (C=O) groups excluding carboxylic acids is 4. The summed E-state index contributed by atoms with van der Waals surface area (Å²) < 4.78 is 29.1. The van der Waals surface area contributed by atoms with Gasteiger partial charge in [-0.05, 0) is 30.0 Å². The molecular weight excluding hydrogens is 558 g/mol. The molecular formula is C28H27NO13. The molecule has 0 aromatic heterocycles. The standard InChI is InChI=1S/C28H27NO13/c1-10-21(33)15(31)6-17(40-10)42-26-9-39-27(38-3)7-16(32)41-28(26,27)24(36)20-12(23(26)35)4-11-5-14(30)19-13(18(11)22(20)34)8-29(2)25(19)37/h4-5,10,15,17,21,30-31,33-34H,6-9H2,1-3H3. The van der Waals surface area contributed by atoms with Crippen LogP contribution in [-0.4, -0.2) is 111 Å². The lowest BCUT2D eigenvalue weighted by Crippen LogP contribution is -2.73. The van der Waals surface area contributed by atoms with Gasteiger partial charge in [0, 0.05) is 38.1 Å². The number of hydrogen-bond donors (Lipinski definition) is 4. The number of esters is 1. The van der Waals surface area contributed by atoms with Crippen LogP contribution in [0.4, 0.5) is 0 Å². The van der Waals surface area contributed by atoms with Crippen LogP contribution in [0.15, 0.2) is 12.1 Å². The second-order valence-corrected chi connectivity index (χ2v) is 11.4. The van der Waals surface area contributed by atoms with Crippen LogP contribution in [0.1, 0.15) is 56.4 Å². The number of ether oxygens (including phenoxy) is 5. The van der Waals surface area contributed by atoms with Crippen molar-refractivity contribution < 1.29 is 63.3 Å². The van der Waals surface area contributed by atoms with Crippen molar-refractivity contribution in [1.29, 1.82) is 0 Å². The van der Waals surface area contributed by atoms with Crippen LogP contribution in [0.5, 0.6) is 11.5 Å². The molecule has 1 spiro atoms. The molecule has 0 saturated carbocycles. The summed E-state index contributed by atoms with van der Waals surface area (Å²) in [6.07, 6.45) is -5.70. The van der Waals surface area contributed by atoms with Gasteiger partial charge in [0.2, 0.25) is 23.0 Å². The van der Waals surface area contributed by atoms with Gasteiger partial charge in [0.05, 0.1) is 29.9 Å². The second kappa shape index (κ2) is 8.46. The fraction of sp³-hybridized carbons (Fsp3) is 0.500. The van der Waals surface area contributed by atoms with Gasteiger partial charge in [-0.1, -0.05) is 0 Å². The Balaban J connectivity index is 1.48. The third-order valence-corrected chi connectivity index (χ3v) is 9.19. The van der Waals surface area contributed by atoms with E-state index < -0.39 is 89.4 Å². The van der Waals surface area contributed by atoms with Crippen LogP contribution in [0.25, 0.3) is 10.8 Å². The van der Waals surface area contributed by atoms with E-state index in [1.807, 2.05) is 0 Å². The van der Waals surface area contributed by atoms with Gasteiger partial charge in [-0.2, -0.15) is 0 Å². The minimum Gasteiger partial charge on any atom is -0.507 e. The maximum absolute atomic E-state index is 14.7. The third-order valence-electron chi connectivity index (χ3n) is 9.19. The topological polar surface area (TPSA) is 199 Å². The lowest BCUT2D eigenvalue weighted by Gasteiger charge is -2.48. The summed E-state index contributed by atoms with van der Waals surface area (Å²) in [5.74, 6) is -6.51. The zero-order valence-electron chi connectivity index (χ0n) is 22.7. The molecule has 5 aliphatic rings. The lowest BCUT2D eigenvalue weighted by molar-refractivity contribution is -0.291. The number of methoxy groups -OCH3 is 1. The van der Waals surface area contributed by atoms with E-state index in [0.29, 0.717) is 0 Å². The number of amides is 1. The highest BCUT2D eigenvalue weighted by molar-refractivity contribution is 6.28. The van der Waals surface area contributed by atoms with Gasteiger partial charge >= 0.3 is 5.97 Å². The number of carbonyl (C=O) groups is 4. The number of ketones is 2. The monoisotopic (exact) mass is 585 g/mol. The number of aromatic hydroxyl groups is 2. The fourth-order valence-electron chi connectivity index (χ4n) is 7.18. The number of aliphatic hydroxyl groups is 2. The maximum Gasteiger partial charge on any atom is 0.312 e. The van der Waals surface area contributed by atoms with Gasteiger partial charge in [-0.3, -0.25) is 19.2 Å². The first kappa shape index (κ1) is 27.2. The molecule has 3 fully saturated rings. The predicted octanol–water partition coefficient (Wildman–Crippen LogP) is -0.114. The highest BCUT2D eigenvalue weighted by atomic mass is 16.8. The Kier molecular flexibility index (Phi) is 5.48. The van der Waals surface area contributed by atoms with Crippen molar-refractivity contribution >= 4 is 34.2 Å². The Morgan fingerprint density at radius 1 is 1.07 bits per heavy atom. The molecule has 1 amide bonds. The van der Waals surface area contributed by atoms with Crippen molar-refractivity contribution in [2.45, 2.75) is 67.9 Å². The summed E-state index contributed by atoms with van der Waals surface area (Å²) in [7, 11) is 2.68. The summed E-state index contributed by atoms with van der Waals surface area (Å²) in [4.78, 5) is 56.1. The van der Waals surface area contributed by atoms with Gasteiger partial charge in [-0.25, -0.2) is 0 Å². The Hall–Kier alpha value is -3.66. The molecule has 14 nitrogen and oxygen atoms in total. The van der Waals surface area contributed by atoms with Gasteiger partial charge in [0.25, 0.3) is 11.5 Å². The zero-order valence-corrected chi connectivity index (χ0v) is 22.7. The molecule has 42 heavy (non-hydrogen) atoms. The number of nitrogens with zero attached hydrogens (tertiary/aromatic N) is 1. The number of phenolic OH excluding ortho intramolecular Hbond substituents is 2. The van der Waals surface area contributed by atoms with Crippen LogP contribution >= 0.6 is 0 Å². The molecule has 7 unspecified atom stereocenters. The largest absolute Gasteiger partial charge is 0.507 e. The number of hydrogen-bond acceptors (Lipinski definition) is 13. The molecule has 4 heterocycles. The quantitative estimate of drug-likeness (QED) is 0.348. The molecule has 3 saturated heterocycles. The Morgan fingerprint density at radius 2 is 1.81 bits per heavy atom. The summed E-state index contributed by atoms with van der Waals surface area (Å²) in [5, 5.41) is 43.1. The van der Waals surface area contributed by atoms with Gasteiger partial charge < -0.3 is 49.0 Å². The van der Waals surface area contributed by atoms with E-state index in [2.05, 4.69) is 0 Å². The smallest absolute Gasteiger partial charge is 0.312 e. The van der Waals surface area contributed by atoms with Crippen LogP contribution in [0.2, 0.25) is 0 Å². The van der Waals surface area contributed by atoms with Crippen molar-refractivity contribution in [1.82, 2.24) is 4.90 Å². The fourth-order valence-corrected chi connectivity index (χ4v) is 7.18. The number of Topliss-reactive ketones (excluding diaryl/α,β-unsaturated/α-hetero) is 2. The Labute approximate surface area is 237 Å². The zero-order chi connectivity index (χ0) is 30.1. The van der Waals surface area contributed by atoms with Crippen LogP contribution in [0.3, 0.4) is 0 Å². The minimum absolute atomic E-state index is 0.0111. The Morgan fingerprint density at radius 3 is 2.50 bits per heavy atom. The molecule has 0 bridgehead atoms. The number of rotatable bonds is 3. The van der Waals surface area contributed by atoms with Crippen LogP contribution in [-0.2, 0) is 35.0 Å². The molecule has 7 atom stereocenters. The molecule has 4 N–H and O–H groups in total. The number of aliphatic hydroxyl groups excluding tert-OH is 2. The first-order valence-electron chi connectivity index (χ1n) is 13.3. The van der Waals surface area contributed by atoms with Crippen LogP contribution in [0, 0.1) is 0 Å². The lowest BCUT2D eigenvalue weighted by atomic mass is 9.64. The van der Waals surface area contributed by atoms with E-state index in [-0.39, 0.29) is 46.2 Å². The van der Waals surface area contributed by atoms with E-state index in [1.54, 1.807) is 0 Å². The molecule has 4 aliphatic heterocycles. The van der Waals surface area contributed by atoms with Gasteiger partial charge in [0.1, 0.15) is 24.0 Å². The Bertz CT molecular complexity index is 1630. The van der Waals surface area contributed by atoms with E-state index in [4.69, 9.17) is 23.7 Å². The average Bonchev–Trinajstić information content (AvgIpc) is 3.50. The second-order valence-electron chi connectivity index (χ2n) is 11.4. The highest BCUT2D eigenvalue weighted by Crippen LogP contribution is 2.61. The number of fused-ring (bicyclic) bond motifs is 4. The summed E-state index contributed by atoms with van der Waals surface area (Å²) in [5.41, 5.74) is -5.54. The van der Waals surface area contributed by atoms with E-state index in [1.165, 1.54) is 38.1 Å². The van der Waals surface area contributed by atoms with Crippen molar-refractivity contribution in [3.05, 3.63) is 34.4 Å². The SMILES string of the molecule is COC12CC(=O)OC13C(=O)c1c(cc4cc(O)c5c(c4c1O)CN(C)C5=O)C(=O)C3(OC1CC(O)C(O)C(C)O1)CO2. The molecule has 2 aromatic rings. The predicted molar refractivity (Wildman–Crippen MR) is 136 cm³/mol. The number of phenols is 2. The molecule has 7 rings (SSSR count). The summed E-state index contributed by atoms with van der Waals surface area (Å²) in [6, 6.07) is 2.50. The molecule has 2 aromatic carbocycles. The van der Waals surface area contributed by atoms with Gasteiger partial charge in [0.15, 0.2) is 6.29 Å². The van der Waals surface area contributed by atoms with E-state index in [9.17, 15) is 39.6 Å². The first-order chi connectivity index (χ1) is 19.8. The molecule has 1 aliphatic carbocycles. The summed E-state index contributed by atoms with van der Waals surface area (Å²) in [6.45, 7) is 0.868. The van der Waals surface area contributed by atoms with E-state index in [0.717, 1.165) is 0 Å². The van der Waals surface area contributed by atoms with Crippen molar-refractivity contribution in [2.24, 2.45) is 0 Å². The third kappa shape index (κ3) is 2.98. The highest BCUT2D eigenvalue weighted by Gasteiger charge is 2.86. The first-order valence-corrected chi connectivity index (χ1v) is 13.3. The number of benzene rings is 2. The normalized spacial score (nSPS) is 37.1. The molecule has 14 heteroatoms. The minimum atomic E-state index is -2.57. The molecule has 0 radical (unpaired) electrons. The molecule has 222 valence electrons. The van der Waals surface area contributed by atoms with Crippen molar-refractivity contribution in [3.8, 4) is 11.5 Å². The summed E-state index contributed by atoms with van der Waals surface area (Å²) >= 11 is 0. The van der Waals surface area contributed by atoms with E-state index >= 15 is 0 Å². The maximum atomic E-state index is 14.7.